The summed E-state index contributed by atoms with van der Waals surface area (Å²) in [5.74, 6) is -4.60. The molecular formula is C16H24O10. The monoisotopic (exact) mass is 376 g/mol. The maximum absolute atomic E-state index is 10.9. The molecule has 0 saturated carbocycles. The Kier molecular flexibility index (Phi) is 10.1. The maximum Gasteiger partial charge on any atom is 0.369 e. The molecule has 26 heavy (non-hydrogen) atoms. The van der Waals surface area contributed by atoms with Gasteiger partial charge in [-0.05, 0) is 10.8 Å². The molecule has 0 bridgehead atoms. The summed E-state index contributed by atoms with van der Waals surface area (Å²) in [5.41, 5.74) is -1.55. The van der Waals surface area contributed by atoms with E-state index < -0.39 is 34.7 Å². The van der Waals surface area contributed by atoms with Crippen molar-refractivity contribution >= 4 is 23.9 Å². The van der Waals surface area contributed by atoms with Gasteiger partial charge in [-0.2, -0.15) is 10.5 Å². The van der Waals surface area contributed by atoms with Crippen LogP contribution in [0.2, 0.25) is 0 Å². The number of aliphatic carboxylic acids is 2. The molecule has 4 N–H and O–H groups in total. The molecule has 10 heteroatoms. The molecule has 0 aromatic rings. The molecule has 0 radical (unpaired) electrons. The minimum Gasteiger partial charge on any atom is -0.478 e. The van der Waals surface area contributed by atoms with E-state index in [9.17, 15) is 19.2 Å². The van der Waals surface area contributed by atoms with Crippen LogP contribution in [-0.2, 0) is 29.0 Å². The smallest absolute Gasteiger partial charge is 0.369 e. The average Bonchev–Trinajstić information content (AvgIpc) is 2.47. The summed E-state index contributed by atoms with van der Waals surface area (Å²) < 4.78 is 0. The van der Waals surface area contributed by atoms with Crippen LogP contribution in [0.4, 0.5) is 0 Å². The van der Waals surface area contributed by atoms with Gasteiger partial charge in [0, 0.05) is 12.2 Å². The van der Waals surface area contributed by atoms with Gasteiger partial charge in [-0.25, -0.2) is 19.2 Å². The van der Waals surface area contributed by atoms with Crippen LogP contribution < -0.4 is 0 Å². The topological polar surface area (TPSA) is 168 Å². The second-order valence-electron chi connectivity index (χ2n) is 7.05. The Labute approximate surface area is 150 Å². The van der Waals surface area contributed by atoms with Crippen molar-refractivity contribution < 1.29 is 49.7 Å². The van der Waals surface area contributed by atoms with E-state index in [4.69, 9.17) is 20.7 Å². The van der Waals surface area contributed by atoms with Gasteiger partial charge in [-0.15, -0.1) is 0 Å². The van der Waals surface area contributed by atoms with Crippen LogP contribution in [-0.4, -0.2) is 44.6 Å². The molecular weight excluding hydrogens is 352 g/mol. The van der Waals surface area contributed by atoms with Crippen molar-refractivity contribution in [1.29, 1.82) is 0 Å². The zero-order valence-corrected chi connectivity index (χ0v) is 15.4. The Balaban J connectivity index is 0. The lowest BCUT2D eigenvalue weighted by Gasteiger charge is -2.18. The Morgan fingerprint density at radius 1 is 0.654 bits per heavy atom. The predicted molar refractivity (Wildman–Crippen MR) is 87.8 cm³/mol. The van der Waals surface area contributed by atoms with Crippen LogP contribution in [0.1, 0.15) is 41.5 Å². The number of carboxylic acid groups (broad SMARTS) is 2. The van der Waals surface area contributed by atoms with E-state index in [0.717, 1.165) is 12.2 Å². The van der Waals surface area contributed by atoms with Crippen molar-refractivity contribution in [3.05, 3.63) is 23.3 Å². The molecule has 0 rings (SSSR count). The van der Waals surface area contributed by atoms with Crippen molar-refractivity contribution in [2.75, 3.05) is 0 Å². The third-order valence-electron chi connectivity index (χ3n) is 2.76. The van der Waals surface area contributed by atoms with Crippen LogP contribution in [0.15, 0.2) is 23.3 Å². The van der Waals surface area contributed by atoms with Crippen LogP contribution >= 0.6 is 0 Å². The molecule has 0 spiro atoms. The van der Waals surface area contributed by atoms with E-state index in [1.54, 1.807) is 41.5 Å². The molecule has 0 aromatic carbocycles. The van der Waals surface area contributed by atoms with E-state index >= 15 is 0 Å². The molecule has 0 atom stereocenters. The molecule has 0 fully saturated rings. The van der Waals surface area contributed by atoms with Gasteiger partial charge >= 0.3 is 23.9 Å². The van der Waals surface area contributed by atoms with Crippen molar-refractivity contribution in [2.24, 2.45) is 10.8 Å². The lowest BCUT2D eigenvalue weighted by atomic mass is 9.86. The van der Waals surface area contributed by atoms with Gasteiger partial charge in [0.1, 0.15) is 0 Å². The Morgan fingerprint density at radius 3 is 1.00 bits per heavy atom. The van der Waals surface area contributed by atoms with Gasteiger partial charge in [0.25, 0.3) is 0 Å². The number of carboxylic acids is 2. The predicted octanol–water partition coefficient (Wildman–Crippen LogP) is 2.12. The first-order valence-electron chi connectivity index (χ1n) is 7.19. The van der Waals surface area contributed by atoms with E-state index in [1.165, 1.54) is 0 Å². The van der Waals surface area contributed by atoms with E-state index in [2.05, 4.69) is 9.78 Å². The molecule has 0 unspecified atom stereocenters. The molecule has 0 amide bonds. The highest BCUT2D eigenvalue weighted by Crippen LogP contribution is 2.26. The maximum atomic E-state index is 10.9. The van der Waals surface area contributed by atoms with Crippen LogP contribution in [0.25, 0.3) is 0 Å². The van der Waals surface area contributed by atoms with E-state index in [-0.39, 0.29) is 11.1 Å². The highest BCUT2D eigenvalue weighted by Gasteiger charge is 2.27. The van der Waals surface area contributed by atoms with Gasteiger partial charge < -0.3 is 10.2 Å². The molecule has 0 aliphatic heterocycles. The van der Waals surface area contributed by atoms with Crippen LogP contribution in [0.3, 0.4) is 0 Å². The summed E-state index contributed by atoms with van der Waals surface area (Å²) >= 11 is 0. The molecule has 0 heterocycles. The van der Waals surface area contributed by atoms with Gasteiger partial charge in [0.15, 0.2) is 0 Å². The fourth-order valence-corrected chi connectivity index (χ4v) is 1.51. The normalized spacial score (nSPS) is 12.5. The third-order valence-corrected chi connectivity index (χ3v) is 2.76. The fraction of sp³-hybridized carbons (Fsp3) is 0.500. The summed E-state index contributed by atoms with van der Waals surface area (Å²) in [7, 11) is 0. The number of hydrogen-bond donors (Lipinski definition) is 4. The molecule has 148 valence electrons. The van der Waals surface area contributed by atoms with E-state index in [1.807, 2.05) is 0 Å². The zero-order valence-electron chi connectivity index (χ0n) is 15.4. The Hall–Kier alpha value is -2.72. The standard InChI is InChI=1S/2C8H12O5/c2*1-8(2,3)5(4-6(9)10)7(11)13-12/h2*4,12H,1-3H3,(H,9,10)/b2*5-4+. The average molecular weight is 376 g/mol. The first-order valence-corrected chi connectivity index (χ1v) is 7.19. The van der Waals surface area contributed by atoms with Crippen molar-refractivity contribution in [1.82, 2.24) is 0 Å². The lowest BCUT2D eigenvalue weighted by molar-refractivity contribution is -0.230. The minimum atomic E-state index is -1.25. The summed E-state index contributed by atoms with van der Waals surface area (Å²) in [5, 5.41) is 33.0. The molecule has 0 saturated heterocycles. The third kappa shape index (κ3) is 10.2. The molecule has 0 aromatic heterocycles. The van der Waals surface area contributed by atoms with Crippen LogP contribution in [0.5, 0.6) is 0 Å². The fourth-order valence-electron chi connectivity index (χ4n) is 1.51. The summed E-state index contributed by atoms with van der Waals surface area (Å²) in [4.78, 5) is 49.3. The molecule has 0 aliphatic carbocycles. The number of rotatable bonds is 4. The summed E-state index contributed by atoms with van der Waals surface area (Å²) in [6.07, 6.45) is 1.44. The molecule has 10 nitrogen and oxygen atoms in total. The highest BCUT2D eigenvalue weighted by atomic mass is 17.1. The number of hydrogen-bond acceptors (Lipinski definition) is 8. The lowest BCUT2D eigenvalue weighted by Crippen LogP contribution is -2.20. The first kappa shape index (κ1) is 25.5. The Bertz CT molecular complexity index is 546. The highest BCUT2D eigenvalue weighted by molar-refractivity contribution is 5.97. The summed E-state index contributed by atoms with van der Waals surface area (Å²) in [6.45, 7) is 9.83. The van der Waals surface area contributed by atoms with Gasteiger partial charge in [-0.1, -0.05) is 41.5 Å². The second-order valence-corrected chi connectivity index (χ2v) is 7.05. The van der Waals surface area contributed by atoms with Crippen molar-refractivity contribution in [3.8, 4) is 0 Å². The van der Waals surface area contributed by atoms with E-state index in [0.29, 0.717) is 0 Å². The summed E-state index contributed by atoms with van der Waals surface area (Å²) in [6, 6.07) is 0. The van der Waals surface area contributed by atoms with Crippen molar-refractivity contribution in [3.63, 3.8) is 0 Å². The number of carbonyl (C=O) groups is 4. The van der Waals surface area contributed by atoms with Gasteiger partial charge in [0.05, 0.1) is 11.1 Å². The van der Waals surface area contributed by atoms with Gasteiger partial charge in [-0.3, -0.25) is 9.78 Å². The SMILES string of the molecule is CC(C)(C)/C(=C/C(=O)O)C(=O)OO.CC(C)(C)/C(=C/C(=O)O)C(=O)OO. The Morgan fingerprint density at radius 2 is 0.885 bits per heavy atom. The second kappa shape index (κ2) is 10.3. The zero-order chi connectivity index (χ0) is 21.3. The molecule has 0 aliphatic rings. The first-order chi connectivity index (χ1) is 11.6. The van der Waals surface area contributed by atoms with Crippen LogP contribution in [0, 0.1) is 10.8 Å². The largest absolute Gasteiger partial charge is 0.478 e. The minimum absolute atomic E-state index is 0.0949. The number of carbonyl (C=O) groups excluding carboxylic acids is 2. The van der Waals surface area contributed by atoms with Crippen molar-refractivity contribution in [2.45, 2.75) is 41.5 Å². The quantitative estimate of drug-likeness (QED) is 0.324. The van der Waals surface area contributed by atoms with Gasteiger partial charge in [0.2, 0.25) is 0 Å².